The highest BCUT2D eigenvalue weighted by atomic mass is 16.5. The number of rotatable bonds is 5. The van der Waals surface area contributed by atoms with Gasteiger partial charge in [0.25, 0.3) is 0 Å². The molecule has 0 heterocycles. The maximum absolute atomic E-state index is 10.2. The molecule has 1 atom stereocenters. The number of hydrogen-bond donors (Lipinski definition) is 2. The monoisotopic (exact) mass is 222 g/mol. The zero-order valence-electron chi connectivity index (χ0n) is 8.96. The van der Waals surface area contributed by atoms with Crippen molar-refractivity contribution in [2.24, 2.45) is 0 Å². The number of benzene rings is 1. The molecule has 0 aliphatic heterocycles. The molecular formula is C12H14O4. The molecule has 0 saturated heterocycles. The van der Waals surface area contributed by atoms with Gasteiger partial charge in [0.15, 0.2) is 0 Å². The van der Waals surface area contributed by atoms with Crippen molar-refractivity contribution < 1.29 is 19.7 Å². The average Bonchev–Trinajstić information content (AvgIpc) is 2.28. The Morgan fingerprint density at radius 3 is 2.81 bits per heavy atom. The van der Waals surface area contributed by atoms with Crippen LogP contribution in [0.5, 0.6) is 5.75 Å². The van der Waals surface area contributed by atoms with E-state index < -0.39 is 12.1 Å². The summed E-state index contributed by atoms with van der Waals surface area (Å²) in [5.41, 5.74) is 0.653. The van der Waals surface area contributed by atoms with E-state index in [9.17, 15) is 9.90 Å². The van der Waals surface area contributed by atoms with Gasteiger partial charge in [-0.2, -0.15) is 0 Å². The summed E-state index contributed by atoms with van der Waals surface area (Å²) >= 11 is 0. The molecule has 0 spiro atoms. The summed E-state index contributed by atoms with van der Waals surface area (Å²) in [5.74, 6) is -0.425. The van der Waals surface area contributed by atoms with E-state index in [1.165, 1.54) is 13.2 Å². The number of methoxy groups -OCH3 is 1. The van der Waals surface area contributed by atoms with Crippen LogP contribution in [-0.4, -0.2) is 23.3 Å². The van der Waals surface area contributed by atoms with Crippen molar-refractivity contribution in [2.45, 2.75) is 12.5 Å². The van der Waals surface area contributed by atoms with Gasteiger partial charge in [-0.05, 0) is 12.5 Å². The van der Waals surface area contributed by atoms with Crippen molar-refractivity contribution in [3.05, 3.63) is 42.0 Å². The van der Waals surface area contributed by atoms with Crippen LogP contribution in [0.2, 0.25) is 0 Å². The number of hydrogen-bond acceptors (Lipinski definition) is 3. The molecule has 0 saturated carbocycles. The maximum atomic E-state index is 10.2. The number of para-hydroxylation sites is 1. The van der Waals surface area contributed by atoms with Crippen molar-refractivity contribution in [1.29, 1.82) is 0 Å². The Bertz CT molecular complexity index is 384. The van der Waals surface area contributed by atoms with Crippen LogP contribution >= 0.6 is 0 Å². The van der Waals surface area contributed by atoms with Crippen LogP contribution in [-0.2, 0) is 4.79 Å². The van der Waals surface area contributed by atoms with Gasteiger partial charge >= 0.3 is 5.97 Å². The van der Waals surface area contributed by atoms with Gasteiger partial charge < -0.3 is 14.9 Å². The Balaban J connectivity index is 2.72. The lowest BCUT2D eigenvalue weighted by Crippen LogP contribution is -1.99. The van der Waals surface area contributed by atoms with Crippen LogP contribution in [0.25, 0.3) is 0 Å². The zero-order chi connectivity index (χ0) is 12.0. The summed E-state index contributed by atoms with van der Waals surface area (Å²) in [6, 6.07) is 7.10. The molecule has 4 nitrogen and oxygen atoms in total. The number of aliphatic hydroxyl groups is 1. The van der Waals surface area contributed by atoms with Crippen LogP contribution in [0.4, 0.5) is 0 Å². The normalized spacial score (nSPS) is 12.6. The highest BCUT2D eigenvalue weighted by Gasteiger charge is 2.10. The fourth-order valence-electron chi connectivity index (χ4n) is 1.37. The lowest BCUT2D eigenvalue weighted by molar-refractivity contribution is -0.131. The minimum Gasteiger partial charge on any atom is -0.496 e. The third kappa shape index (κ3) is 3.40. The molecule has 0 aromatic heterocycles. The second-order valence-electron chi connectivity index (χ2n) is 3.23. The average molecular weight is 222 g/mol. The van der Waals surface area contributed by atoms with Crippen molar-refractivity contribution in [2.75, 3.05) is 7.11 Å². The Hall–Kier alpha value is -1.81. The first-order chi connectivity index (χ1) is 7.65. The molecule has 1 rings (SSSR count). The largest absolute Gasteiger partial charge is 0.496 e. The van der Waals surface area contributed by atoms with Gasteiger partial charge in [-0.15, -0.1) is 0 Å². The van der Waals surface area contributed by atoms with Crippen LogP contribution in [0.1, 0.15) is 18.1 Å². The molecule has 2 N–H and O–H groups in total. The topological polar surface area (TPSA) is 66.8 Å². The molecule has 86 valence electrons. The summed E-state index contributed by atoms with van der Waals surface area (Å²) in [4.78, 5) is 10.2. The van der Waals surface area contributed by atoms with Gasteiger partial charge in [-0.1, -0.05) is 24.3 Å². The Labute approximate surface area is 93.8 Å². The first kappa shape index (κ1) is 12.3. The van der Waals surface area contributed by atoms with Gasteiger partial charge in [0.1, 0.15) is 5.75 Å². The molecule has 0 fully saturated rings. The van der Waals surface area contributed by atoms with E-state index in [0.29, 0.717) is 11.3 Å². The standard InChI is InChI=1S/C12H14O4/c1-16-11-7-3-2-5-9(11)10(13)6-4-8-12(14)15/h2-5,7-8,10,13H,6H2,1H3,(H,14,15)/b8-4+. The quantitative estimate of drug-likeness (QED) is 0.745. The minimum atomic E-state index is -1.02. The van der Waals surface area contributed by atoms with Crippen LogP contribution < -0.4 is 4.74 Å². The van der Waals surface area contributed by atoms with E-state index in [1.807, 2.05) is 6.07 Å². The second-order valence-corrected chi connectivity index (χ2v) is 3.23. The second kappa shape index (κ2) is 5.92. The third-order valence-electron chi connectivity index (χ3n) is 2.12. The van der Waals surface area contributed by atoms with Crippen LogP contribution in [0.15, 0.2) is 36.4 Å². The number of carboxylic acid groups (broad SMARTS) is 1. The van der Waals surface area contributed by atoms with Gasteiger partial charge in [0.2, 0.25) is 0 Å². The Morgan fingerprint density at radius 2 is 2.19 bits per heavy atom. The molecule has 0 radical (unpaired) electrons. The molecule has 0 aliphatic rings. The smallest absolute Gasteiger partial charge is 0.327 e. The lowest BCUT2D eigenvalue weighted by atomic mass is 10.1. The van der Waals surface area contributed by atoms with Crippen molar-refractivity contribution in [1.82, 2.24) is 0 Å². The first-order valence-corrected chi connectivity index (χ1v) is 4.85. The number of aliphatic hydroxyl groups excluding tert-OH is 1. The maximum Gasteiger partial charge on any atom is 0.327 e. The predicted molar refractivity (Wildman–Crippen MR) is 59.3 cm³/mol. The van der Waals surface area contributed by atoms with Crippen molar-refractivity contribution >= 4 is 5.97 Å². The summed E-state index contributed by atoms with van der Waals surface area (Å²) in [6.45, 7) is 0. The van der Waals surface area contributed by atoms with E-state index in [2.05, 4.69) is 0 Å². The summed E-state index contributed by atoms with van der Waals surface area (Å²) < 4.78 is 5.09. The van der Waals surface area contributed by atoms with E-state index in [0.717, 1.165) is 6.08 Å². The predicted octanol–water partition coefficient (Wildman–Crippen LogP) is 1.76. The third-order valence-corrected chi connectivity index (χ3v) is 2.12. The molecular weight excluding hydrogens is 208 g/mol. The first-order valence-electron chi connectivity index (χ1n) is 4.85. The molecule has 1 aromatic rings. The molecule has 16 heavy (non-hydrogen) atoms. The Kier molecular flexibility index (Phi) is 4.54. The molecule has 0 bridgehead atoms. The summed E-state index contributed by atoms with van der Waals surface area (Å²) in [6.07, 6.45) is 1.91. The summed E-state index contributed by atoms with van der Waals surface area (Å²) in [7, 11) is 1.53. The number of carbonyl (C=O) groups is 1. The SMILES string of the molecule is COc1ccccc1C(O)C/C=C/C(=O)O. The number of ether oxygens (including phenoxy) is 1. The highest BCUT2D eigenvalue weighted by molar-refractivity contribution is 5.79. The van der Waals surface area contributed by atoms with Crippen molar-refractivity contribution in [3.8, 4) is 5.75 Å². The van der Waals surface area contributed by atoms with Gasteiger partial charge in [-0.3, -0.25) is 0 Å². The molecule has 4 heteroatoms. The fourth-order valence-corrected chi connectivity index (χ4v) is 1.37. The van der Waals surface area contributed by atoms with Gasteiger partial charge in [-0.25, -0.2) is 4.79 Å². The molecule has 0 aliphatic carbocycles. The van der Waals surface area contributed by atoms with Crippen LogP contribution in [0.3, 0.4) is 0 Å². The minimum absolute atomic E-state index is 0.243. The van der Waals surface area contributed by atoms with Gasteiger partial charge in [0, 0.05) is 11.6 Å². The Morgan fingerprint density at radius 1 is 1.50 bits per heavy atom. The summed E-state index contributed by atoms with van der Waals surface area (Å²) in [5, 5.41) is 18.2. The van der Waals surface area contributed by atoms with Gasteiger partial charge in [0.05, 0.1) is 13.2 Å². The highest BCUT2D eigenvalue weighted by Crippen LogP contribution is 2.26. The number of aliphatic carboxylic acids is 1. The lowest BCUT2D eigenvalue weighted by Gasteiger charge is -2.12. The molecule has 0 amide bonds. The number of carboxylic acids is 1. The molecule has 1 unspecified atom stereocenters. The zero-order valence-corrected chi connectivity index (χ0v) is 8.96. The van der Waals surface area contributed by atoms with E-state index in [4.69, 9.17) is 9.84 Å². The molecule has 1 aromatic carbocycles. The fraction of sp³-hybridized carbons (Fsp3) is 0.250. The van der Waals surface area contributed by atoms with Crippen molar-refractivity contribution in [3.63, 3.8) is 0 Å². The van der Waals surface area contributed by atoms with E-state index >= 15 is 0 Å². The van der Waals surface area contributed by atoms with E-state index in [-0.39, 0.29) is 6.42 Å². The van der Waals surface area contributed by atoms with E-state index in [1.54, 1.807) is 18.2 Å². The van der Waals surface area contributed by atoms with Crippen LogP contribution in [0, 0.1) is 0 Å².